The highest BCUT2D eigenvalue weighted by Gasteiger charge is 2.43. The third kappa shape index (κ3) is 6.64. The Labute approximate surface area is 209 Å². The van der Waals surface area contributed by atoms with Crippen molar-refractivity contribution in [1.29, 1.82) is 0 Å². The first kappa shape index (κ1) is 30.2. The monoisotopic (exact) mass is 503 g/mol. The second-order valence-electron chi connectivity index (χ2n) is 7.59. The van der Waals surface area contributed by atoms with E-state index >= 15 is 0 Å². The fourth-order valence-corrected chi connectivity index (χ4v) is 3.73. The van der Waals surface area contributed by atoms with E-state index in [4.69, 9.17) is 5.73 Å². The number of terminal acetylenes is 2. The average Bonchev–Trinajstić information content (AvgIpc) is 3.54. The van der Waals surface area contributed by atoms with Gasteiger partial charge in [0.15, 0.2) is 17.3 Å². The molecule has 36 heavy (non-hydrogen) atoms. The lowest BCUT2D eigenvalue weighted by molar-refractivity contribution is -0.141. The summed E-state index contributed by atoms with van der Waals surface area (Å²) in [7, 11) is 1.59. The lowest BCUT2D eigenvalue weighted by Crippen LogP contribution is -2.46. The van der Waals surface area contributed by atoms with Crippen LogP contribution in [-0.4, -0.2) is 62.7 Å². The second kappa shape index (κ2) is 13.9. The molecule has 8 nitrogen and oxygen atoms in total. The molecule has 0 saturated carbocycles. The van der Waals surface area contributed by atoms with Gasteiger partial charge in [-0.15, -0.1) is 30.8 Å². The summed E-state index contributed by atoms with van der Waals surface area (Å²) in [4.78, 5) is 22.0. The van der Waals surface area contributed by atoms with E-state index in [0.29, 0.717) is 38.2 Å². The maximum Gasteiger partial charge on any atom is 0.261 e. The third-order valence-corrected chi connectivity index (χ3v) is 5.34. The summed E-state index contributed by atoms with van der Waals surface area (Å²) in [5.74, 6) is -1.68. The van der Waals surface area contributed by atoms with Gasteiger partial charge < -0.3 is 16.0 Å². The Bertz CT molecular complexity index is 1190. The van der Waals surface area contributed by atoms with Crippen molar-refractivity contribution in [2.75, 3.05) is 32.4 Å². The summed E-state index contributed by atoms with van der Waals surface area (Å²) in [5.41, 5.74) is 4.18. The fourth-order valence-electron chi connectivity index (χ4n) is 3.73. The van der Waals surface area contributed by atoms with E-state index in [9.17, 15) is 18.0 Å². The number of carbonyl (C=O) groups is 1. The van der Waals surface area contributed by atoms with Gasteiger partial charge in [0.05, 0.1) is 5.39 Å². The van der Waals surface area contributed by atoms with E-state index < -0.39 is 23.2 Å². The third-order valence-electron chi connectivity index (χ3n) is 5.34. The van der Waals surface area contributed by atoms with Gasteiger partial charge in [0.1, 0.15) is 11.3 Å². The van der Waals surface area contributed by atoms with Crippen molar-refractivity contribution in [3.05, 3.63) is 29.6 Å². The van der Waals surface area contributed by atoms with E-state index in [-0.39, 0.29) is 35.5 Å². The van der Waals surface area contributed by atoms with Gasteiger partial charge in [-0.2, -0.15) is 4.52 Å². The standard InChI is InChI=1S/C19H22F3N7O.C2H6.2C2H2/c1-28(17(30)19(22)5-6-24-10-19)7-3-2-4-14-25-16-12-8-11(20)9-13(21)15(12)26-18(23)29(16)27-14;3*1-2/h8-9,24H,2-7,10H2,1H3,(H2,23,26);1-2H3;2*1-2H. The minimum atomic E-state index is -1.83. The molecule has 194 valence electrons. The molecule has 1 unspecified atom stereocenters. The number of anilines is 1. The maximum absolute atomic E-state index is 14.5. The molecule has 1 fully saturated rings. The number of fused-ring (bicyclic) bond motifs is 3. The van der Waals surface area contributed by atoms with Crippen LogP contribution >= 0.6 is 0 Å². The molecule has 3 heterocycles. The molecule has 3 aromatic rings. The van der Waals surface area contributed by atoms with Gasteiger partial charge in [0, 0.05) is 39.0 Å². The molecule has 1 amide bonds. The summed E-state index contributed by atoms with van der Waals surface area (Å²) in [5, 5.41) is 7.33. The Hall–Kier alpha value is -3.83. The van der Waals surface area contributed by atoms with E-state index in [1.165, 1.54) is 9.42 Å². The highest BCUT2D eigenvalue weighted by atomic mass is 19.1. The summed E-state index contributed by atoms with van der Waals surface area (Å²) >= 11 is 0. The number of halogens is 3. The first-order valence-corrected chi connectivity index (χ1v) is 11.4. The highest BCUT2D eigenvalue weighted by Crippen LogP contribution is 2.24. The summed E-state index contributed by atoms with van der Waals surface area (Å²) < 4.78 is 43.4. The maximum atomic E-state index is 14.5. The molecule has 1 aliphatic heterocycles. The number of amides is 1. The number of nitrogens with zero attached hydrogens (tertiary/aromatic N) is 5. The molecule has 0 spiro atoms. The van der Waals surface area contributed by atoms with Crippen LogP contribution < -0.4 is 11.1 Å². The zero-order valence-electron chi connectivity index (χ0n) is 20.8. The Balaban J connectivity index is 0.00000101. The number of unbranched alkanes of at least 4 members (excludes halogenated alkanes) is 1. The van der Waals surface area contributed by atoms with Crippen LogP contribution in [-0.2, 0) is 11.2 Å². The molecule has 0 radical (unpaired) electrons. The number of nitrogens with two attached hydrogens (primary N) is 1. The Kier molecular flexibility index (Phi) is 11.7. The van der Waals surface area contributed by atoms with E-state index in [1.54, 1.807) is 7.05 Å². The number of aryl methyl sites for hydroxylation is 1. The van der Waals surface area contributed by atoms with E-state index in [1.807, 2.05) is 13.8 Å². The number of alkyl halides is 1. The van der Waals surface area contributed by atoms with E-state index in [0.717, 1.165) is 12.1 Å². The van der Waals surface area contributed by atoms with E-state index in [2.05, 4.69) is 46.1 Å². The van der Waals surface area contributed by atoms with Crippen LogP contribution in [0.5, 0.6) is 0 Å². The Morgan fingerprint density at radius 2 is 1.86 bits per heavy atom. The van der Waals surface area contributed by atoms with Crippen LogP contribution in [0.2, 0.25) is 0 Å². The predicted octanol–water partition coefficient (Wildman–Crippen LogP) is 3.15. The second-order valence-corrected chi connectivity index (χ2v) is 7.59. The molecule has 0 bridgehead atoms. The number of aromatic nitrogens is 4. The van der Waals surface area contributed by atoms with Crippen molar-refractivity contribution in [2.45, 2.75) is 45.2 Å². The summed E-state index contributed by atoms with van der Waals surface area (Å²) in [6.45, 7) is 4.95. The fraction of sp³-hybridized carbons (Fsp3) is 0.440. The van der Waals surface area contributed by atoms with Crippen LogP contribution in [0, 0.1) is 37.3 Å². The number of benzene rings is 1. The van der Waals surface area contributed by atoms with Crippen molar-refractivity contribution < 1.29 is 18.0 Å². The number of hydrogen-bond donors (Lipinski definition) is 2. The minimum Gasteiger partial charge on any atom is -0.368 e. The summed E-state index contributed by atoms with van der Waals surface area (Å²) in [6, 6.07) is 1.88. The molecule has 1 aliphatic rings. The molecule has 4 rings (SSSR count). The topological polar surface area (TPSA) is 101 Å². The Morgan fingerprint density at radius 3 is 2.47 bits per heavy atom. The first-order valence-electron chi connectivity index (χ1n) is 11.4. The van der Waals surface area contributed by atoms with Gasteiger partial charge >= 0.3 is 0 Å². The van der Waals surface area contributed by atoms with Crippen LogP contribution in [0.3, 0.4) is 0 Å². The number of rotatable bonds is 6. The number of hydrogen-bond acceptors (Lipinski definition) is 6. The van der Waals surface area contributed by atoms with Gasteiger partial charge in [-0.25, -0.2) is 23.1 Å². The van der Waals surface area contributed by atoms with Crippen LogP contribution in [0.4, 0.5) is 19.1 Å². The van der Waals surface area contributed by atoms with Gasteiger partial charge in [0.25, 0.3) is 5.91 Å². The van der Waals surface area contributed by atoms with Gasteiger partial charge in [-0.1, -0.05) is 13.8 Å². The van der Waals surface area contributed by atoms with Crippen LogP contribution in [0.1, 0.15) is 38.9 Å². The van der Waals surface area contributed by atoms with Crippen molar-refractivity contribution >= 4 is 28.4 Å². The highest BCUT2D eigenvalue weighted by molar-refractivity contribution is 5.92. The molecule has 11 heteroatoms. The van der Waals surface area contributed by atoms with Crippen molar-refractivity contribution in [2.24, 2.45) is 0 Å². The molecule has 1 saturated heterocycles. The zero-order valence-corrected chi connectivity index (χ0v) is 20.8. The SMILES string of the molecule is C#C.C#C.CC.CN(CCCCc1nc2c3cc(F)cc(F)c3nc(N)n2n1)C(=O)C1(F)CCNC1. The molecule has 3 N–H and O–H groups in total. The quantitative estimate of drug-likeness (QED) is 0.396. The molecule has 2 aromatic heterocycles. The molecule has 1 aromatic carbocycles. The van der Waals surface area contributed by atoms with Crippen molar-refractivity contribution in [1.82, 2.24) is 29.8 Å². The normalized spacial score (nSPS) is 16.2. The number of nitrogen functional groups attached to an aromatic ring is 1. The van der Waals surface area contributed by atoms with Crippen molar-refractivity contribution in [3.8, 4) is 25.7 Å². The predicted molar refractivity (Wildman–Crippen MR) is 136 cm³/mol. The first-order chi connectivity index (χ1) is 17.3. The lowest BCUT2D eigenvalue weighted by Gasteiger charge is -2.25. The Morgan fingerprint density at radius 1 is 1.19 bits per heavy atom. The molecular weight excluding hydrogens is 471 g/mol. The largest absolute Gasteiger partial charge is 0.368 e. The van der Waals surface area contributed by atoms with Gasteiger partial charge in [-0.05, 0) is 25.5 Å². The minimum absolute atomic E-state index is 0.0476. The molecule has 0 aliphatic carbocycles. The molecule has 1 atom stereocenters. The average molecular weight is 504 g/mol. The van der Waals surface area contributed by atoms with Gasteiger partial charge in [0.2, 0.25) is 11.6 Å². The smallest absolute Gasteiger partial charge is 0.261 e. The zero-order chi connectivity index (χ0) is 27.5. The molecular formula is C25H32F3N7O. The van der Waals surface area contributed by atoms with Crippen LogP contribution in [0.15, 0.2) is 12.1 Å². The lowest BCUT2D eigenvalue weighted by atomic mass is 10.0. The summed E-state index contributed by atoms with van der Waals surface area (Å²) in [6.07, 6.45) is 17.9. The van der Waals surface area contributed by atoms with Crippen LogP contribution in [0.25, 0.3) is 16.6 Å². The van der Waals surface area contributed by atoms with Crippen molar-refractivity contribution in [3.63, 3.8) is 0 Å². The number of carbonyl (C=O) groups excluding carboxylic acids is 1. The number of nitrogens with one attached hydrogen (secondary N) is 1. The van der Waals surface area contributed by atoms with Gasteiger partial charge in [-0.3, -0.25) is 4.79 Å².